The Balaban J connectivity index is 1.54. The standard InChI is InChI=1S/C26H23ClN4O5/c1-13-10-35-26(32)20-21(13)31-23(24(20)29-18-5-3-4-16(27)25(18)33-2)15-8-9-28-17-6-7-19(30-22(15)17)36-14-11-34-12-14/h3-9,13-14,29,31H,10-12H2,1-2H3/t13-/m0/s1. The highest BCUT2D eigenvalue weighted by Crippen LogP contribution is 2.44. The molecule has 1 atom stereocenters. The number of nitrogens with one attached hydrogen (secondary N) is 2. The first-order valence-electron chi connectivity index (χ1n) is 11.6. The van der Waals surface area contributed by atoms with Crippen LogP contribution in [0.25, 0.3) is 22.3 Å². The number of hydrogen-bond donors (Lipinski definition) is 2. The fraction of sp³-hybridized carbons (Fsp3) is 0.269. The molecule has 1 aromatic carbocycles. The van der Waals surface area contributed by atoms with Gasteiger partial charge in [0.2, 0.25) is 5.88 Å². The Hall–Kier alpha value is -3.82. The number of hydrogen-bond acceptors (Lipinski definition) is 8. The van der Waals surface area contributed by atoms with Gasteiger partial charge in [-0.15, -0.1) is 0 Å². The highest BCUT2D eigenvalue weighted by Gasteiger charge is 2.33. The zero-order valence-electron chi connectivity index (χ0n) is 19.6. The lowest BCUT2D eigenvalue weighted by molar-refractivity contribution is -0.0812. The summed E-state index contributed by atoms with van der Waals surface area (Å²) in [6.45, 7) is 3.38. The lowest BCUT2D eigenvalue weighted by Crippen LogP contribution is -2.38. The normalized spacial score (nSPS) is 17.3. The number of anilines is 2. The number of pyridine rings is 2. The van der Waals surface area contributed by atoms with E-state index in [4.69, 9.17) is 35.5 Å². The minimum atomic E-state index is -0.408. The number of ether oxygens (including phenoxy) is 4. The first-order chi connectivity index (χ1) is 17.5. The number of aromatic amines is 1. The van der Waals surface area contributed by atoms with Gasteiger partial charge in [-0.2, -0.15) is 0 Å². The maximum Gasteiger partial charge on any atom is 0.342 e. The van der Waals surface area contributed by atoms with Gasteiger partial charge in [0.15, 0.2) is 5.75 Å². The molecule has 1 fully saturated rings. The van der Waals surface area contributed by atoms with Crippen molar-refractivity contribution < 1.29 is 23.7 Å². The third kappa shape index (κ3) is 3.81. The van der Waals surface area contributed by atoms with Crippen molar-refractivity contribution in [2.75, 3.05) is 32.2 Å². The van der Waals surface area contributed by atoms with Crippen molar-refractivity contribution in [3.63, 3.8) is 0 Å². The van der Waals surface area contributed by atoms with Crippen LogP contribution in [0.15, 0.2) is 42.6 Å². The maximum absolute atomic E-state index is 13.0. The summed E-state index contributed by atoms with van der Waals surface area (Å²) >= 11 is 6.37. The van der Waals surface area contributed by atoms with E-state index >= 15 is 0 Å². The molecular formula is C26H23ClN4O5. The summed E-state index contributed by atoms with van der Waals surface area (Å²) in [5.74, 6) is 0.523. The van der Waals surface area contributed by atoms with E-state index in [1.807, 2.05) is 31.2 Å². The van der Waals surface area contributed by atoms with Crippen LogP contribution in [0.2, 0.25) is 5.02 Å². The Morgan fingerprint density at radius 1 is 1.17 bits per heavy atom. The number of fused-ring (bicyclic) bond motifs is 2. The Bertz CT molecular complexity index is 1480. The van der Waals surface area contributed by atoms with Crippen molar-refractivity contribution in [2.45, 2.75) is 18.9 Å². The summed E-state index contributed by atoms with van der Waals surface area (Å²) in [6.07, 6.45) is 1.70. The van der Waals surface area contributed by atoms with Crippen LogP contribution in [0.1, 0.15) is 28.9 Å². The molecule has 0 amide bonds. The molecule has 0 bridgehead atoms. The Morgan fingerprint density at radius 3 is 2.81 bits per heavy atom. The van der Waals surface area contributed by atoms with Crippen molar-refractivity contribution in [1.82, 2.24) is 15.0 Å². The largest absolute Gasteiger partial charge is 0.493 e. The zero-order valence-corrected chi connectivity index (χ0v) is 20.4. The fourth-order valence-corrected chi connectivity index (χ4v) is 4.71. The molecule has 6 rings (SSSR count). The van der Waals surface area contributed by atoms with Gasteiger partial charge >= 0.3 is 5.97 Å². The van der Waals surface area contributed by atoms with Crippen molar-refractivity contribution in [1.29, 1.82) is 0 Å². The summed E-state index contributed by atoms with van der Waals surface area (Å²) in [4.78, 5) is 25.7. The maximum atomic E-state index is 13.0. The predicted molar refractivity (Wildman–Crippen MR) is 135 cm³/mol. The van der Waals surface area contributed by atoms with E-state index in [2.05, 4.69) is 15.3 Å². The van der Waals surface area contributed by atoms with E-state index in [1.165, 1.54) is 0 Å². The summed E-state index contributed by atoms with van der Waals surface area (Å²) in [5.41, 5.74) is 5.15. The minimum absolute atomic E-state index is 0.0176. The molecule has 2 aliphatic heterocycles. The lowest BCUT2D eigenvalue weighted by Gasteiger charge is -2.26. The zero-order chi connectivity index (χ0) is 24.8. The summed E-state index contributed by atoms with van der Waals surface area (Å²) in [5, 5.41) is 3.83. The quantitative estimate of drug-likeness (QED) is 0.348. The van der Waals surface area contributed by atoms with Crippen LogP contribution in [0.5, 0.6) is 11.6 Å². The molecule has 0 saturated carbocycles. The highest BCUT2D eigenvalue weighted by molar-refractivity contribution is 6.32. The van der Waals surface area contributed by atoms with Crippen molar-refractivity contribution in [3.8, 4) is 22.9 Å². The van der Waals surface area contributed by atoms with E-state index in [9.17, 15) is 4.79 Å². The molecule has 3 aromatic heterocycles. The van der Waals surface area contributed by atoms with Gasteiger partial charge in [-0.3, -0.25) is 4.98 Å². The average Bonchev–Trinajstić information content (AvgIpc) is 3.24. The van der Waals surface area contributed by atoms with Crippen LogP contribution in [0, 0.1) is 0 Å². The number of nitrogens with zero attached hydrogens (tertiary/aromatic N) is 2. The molecule has 2 aliphatic rings. The SMILES string of the molecule is COc1c(Cl)cccc1Nc1c(-c2ccnc3ccc(OC4COC4)nc23)[nH]c2c1C(=O)OC[C@@H]2C. The molecule has 4 aromatic rings. The number of cyclic esters (lactones) is 1. The van der Waals surface area contributed by atoms with Gasteiger partial charge in [0.1, 0.15) is 17.2 Å². The number of carbonyl (C=O) groups is 1. The number of rotatable bonds is 6. The molecule has 0 radical (unpaired) electrons. The van der Waals surface area contributed by atoms with Gasteiger partial charge in [-0.25, -0.2) is 9.78 Å². The van der Waals surface area contributed by atoms with Gasteiger partial charge in [0, 0.05) is 29.4 Å². The summed E-state index contributed by atoms with van der Waals surface area (Å²) < 4.78 is 22.2. The van der Waals surface area contributed by atoms with E-state index in [0.717, 1.165) is 11.3 Å². The molecule has 0 aliphatic carbocycles. The number of halogens is 1. The van der Waals surface area contributed by atoms with Gasteiger partial charge < -0.3 is 29.2 Å². The van der Waals surface area contributed by atoms with E-state index in [1.54, 1.807) is 25.4 Å². The van der Waals surface area contributed by atoms with Crippen molar-refractivity contribution in [2.24, 2.45) is 0 Å². The minimum Gasteiger partial charge on any atom is -0.493 e. The number of aromatic nitrogens is 3. The smallest absolute Gasteiger partial charge is 0.342 e. The number of H-pyrrole nitrogens is 1. The van der Waals surface area contributed by atoms with Crippen LogP contribution in [0.4, 0.5) is 11.4 Å². The molecule has 10 heteroatoms. The molecule has 184 valence electrons. The molecule has 2 N–H and O–H groups in total. The number of benzene rings is 1. The lowest BCUT2D eigenvalue weighted by atomic mass is 10.0. The van der Waals surface area contributed by atoms with Crippen LogP contribution in [0.3, 0.4) is 0 Å². The first kappa shape index (κ1) is 22.6. The van der Waals surface area contributed by atoms with E-state index in [0.29, 0.717) is 70.1 Å². The second kappa shape index (κ2) is 9.00. The predicted octanol–water partition coefficient (Wildman–Crippen LogP) is 5.08. The van der Waals surface area contributed by atoms with E-state index < -0.39 is 5.97 Å². The molecule has 5 heterocycles. The summed E-state index contributed by atoms with van der Waals surface area (Å²) in [6, 6.07) is 10.9. The van der Waals surface area contributed by atoms with Crippen LogP contribution in [-0.4, -0.2) is 54.0 Å². The fourth-order valence-electron chi connectivity index (χ4n) is 4.46. The van der Waals surface area contributed by atoms with Crippen LogP contribution >= 0.6 is 11.6 Å². The Labute approximate surface area is 211 Å². The summed E-state index contributed by atoms with van der Waals surface area (Å²) in [7, 11) is 1.55. The van der Waals surface area contributed by atoms with Crippen molar-refractivity contribution >= 4 is 40.0 Å². The number of esters is 1. The topological polar surface area (TPSA) is 108 Å². The molecular weight excluding hydrogens is 484 g/mol. The molecule has 36 heavy (non-hydrogen) atoms. The molecule has 0 unspecified atom stereocenters. The van der Waals surface area contributed by atoms with Crippen LogP contribution in [-0.2, 0) is 9.47 Å². The number of para-hydroxylation sites is 1. The monoisotopic (exact) mass is 506 g/mol. The Kier molecular flexibility index (Phi) is 5.66. The van der Waals surface area contributed by atoms with Gasteiger partial charge in [0.25, 0.3) is 0 Å². The first-order valence-corrected chi connectivity index (χ1v) is 11.9. The van der Waals surface area contributed by atoms with Gasteiger partial charge in [-0.1, -0.05) is 24.6 Å². The van der Waals surface area contributed by atoms with Crippen molar-refractivity contribution in [3.05, 3.63) is 58.9 Å². The second-order valence-electron chi connectivity index (χ2n) is 8.76. The van der Waals surface area contributed by atoms with E-state index in [-0.39, 0.29) is 12.0 Å². The van der Waals surface area contributed by atoms with Gasteiger partial charge in [-0.05, 0) is 24.3 Å². The third-order valence-electron chi connectivity index (χ3n) is 6.34. The molecule has 0 spiro atoms. The Morgan fingerprint density at radius 2 is 2.03 bits per heavy atom. The molecule has 9 nitrogen and oxygen atoms in total. The average molecular weight is 507 g/mol. The number of methoxy groups -OCH3 is 1. The van der Waals surface area contributed by atoms with Gasteiger partial charge in [0.05, 0.1) is 54.5 Å². The van der Waals surface area contributed by atoms with Crippen LogP contribution < -0.4 is 14.8 Å². The second-order valence-corrected chi connectivity index (χ2v) is 9.17. The highest BCUT2D eigenvalue weighted by atomic mass is 35.5. The third-order valence-corrected chi connectivity index (χ3v) is 6.64. The number of carbonyl (C=O) groups excluding carboxylic acids is 1. The molecule has 1 saturated heterocycles.